The fraction of sp³-hybridized carbons (Fsp3) is 0.412. The third-order valence-corrected chi connectivity index (χ3v) is 3.99. The molecule has 0 heterocycles. The third kappa shape index (κ3) is 3.14. The average molecular weight is 257 g/mol. The van der Waals surface area contributed by atoms with Crippen LogP contribution < -0.4 is 0 Å². The van der Waals surface area contributed by atoms with Gasteiger partial charge in [0.25, 0.3) is 0 Å². The van der Waals surface area contributed by atoms with Crippen molar-refractivity contribution in [3.8, 4) is 0 Å². The molecule has 2 aromatic rings. The van der Waals surface area contributed by atoms with Gasteiger partial charge in [0.1, 0.15) is 0 Å². The Kier molecular flexibility index (Phi) is 4.56. The number of hydrogen-bond acceptors (Lipinski definition) is 2. The van der Waals surface area contributed by atoms with Crippen molar-refractivity contribution < 1.29 is 5.11 Å². The standard InChI is InChI=1S/C17H23NO/c1-4-13(2)18(3)12-17(19)16-11-7-9-14-8-5-6-10-15(14)16/h5-11,13,17,19H,4,12H2,1-3H3. The number of hydrogen-bond donors (Lipinski definition) is 1. The summed E-state index contributed by atoms with van der Waals surface area (Å²) < 4.78 is 0. The van der Waals surface area contributed by atoms with E-state index in [2.05, 4.69) is 44.0 Å². The Morgan fingerprint density at radius 3 is 2.53 bits per heavy atom. The summed E-state index contributed by atoms with van der Waals surface area (Å²) in [7, 11) is 2.07. The molecule has 19 heavy (non-hydrogen) atoms. The maximum Gasteiger partial charge on any atom is 0.0922 e. The van der Waals surface area contributed by atoms with E-state index in [4.69, 9.17) is 0 Å². The van der Waals surface area contributed by atoms with Crippen molar-refractivity contribution in [1.82, 2.24) is 4.90 Å². The predicted octanol–water partition coefficient (Wildman–Crippen LogP) is 3.60. The fourth-order valence-electron chi connectivity index (χ4n) is 2.40. The van der Waals surface area contributed by atoms with E-state index in [1.807, 2.05) is 24.3 Å². The fourth-order valence-corrected chi connectivity index (χ4v) is 2.40. The van der Waals surface area contributed by atoms with Gasteiger partial charge in [0.15, 0.2) is 0 Å². The smallest absolute Gasteiger partial charge is 0.0922 e. The van der Waals surface area contributed by atoms with E-state index in [0.717, 1.165) is 17.4 Å². The number of benzene rings is 2. The van der Waals surface area contributed by atoms with Crippen LogP contribution in [0.3, 0.4) is 0 Å². The van der Waals surface area contributed by atoms with E-state index in [9.17, 15) is 5.11 Å². The van der Waals surface area contributed by atoms with E-state index >= 15 is 0 Å². The van der Waals surface area contributed by atoms with Crippen LogP contribution in [0.1, 0.15) is 31.9 Å². The average Bonchev–Trinajstić information content (AvgIpc) is 2.45. The van der Waals surface area contributed by atoms with Crippen LogP contribution in [-0.4, -0.2) is 29.6 Å². The summed E-state index contributed by atoms with van der Waals surface area (Å²) in [5, 5.41) is 12.8. The Hall–Kier alpha value is -1.38. The molecule has 0 saturated heterocycles. The molecule has 0 aliphatic rings. The monoisotopic (exact) mass is 257 g/mol. The van der Waals surface area contributed by atoms with E-state index in [-0.39, 0.29) is 0 Å². The van der Waals surface area contributed by atoms with E-state index in [0.29, 0.717) is 12.6 Å². The third-order valence-electron chi connectivity index (χ3n) is 3.99. The minimum Gasteiger partial charge on any atom is -0.387 e. The van der Waals surface area contributed by atoms with Crippen LogP contribution in [-0.2, 0) is 0 Å². The summed E-state index contributed by atoms with van der Waals surface area (Å²) in [6, 6.07) is 14.8. The van der Waals surface area contributed by atoms with E-state index < -0.39 is 6.10 Å². The highest BCUT2D eigenvalue weighted by atomic mass is 16.3. The van der Waals surface area contributed by atoms with Gasteiger partial charge >= 0.3 is 0 Å². The van der Waals surface area contributed by atoms with Gasteiger partial charge in [0.05, 0.1) is 6.10 Å². The van der Waals surface area contributed by atoms with Crippen molar-refractivity contribution in [1.29, 1.82) is 0 Å². The van der Waals surface area contributed by atoms with Gasteiger partial charge in [0, 0.05) is 12.6 Å². The highest BCUT2D eigenvalue weighted by Gasteiger charge is 2.15. The van der Waals surface area contributed by atoms with Gasteiger partial charge in [-0.2, -0.15) is 0 Å². The molecule has 0 aliphatic carbocycles. The molecule has 102 valence electrons. The molecule has 0 radical (unpaired) electrons. The van der Waals surface area contributed by atoms with Crippen molar-refractivity contribution >= 4 is 10.8 Å². The van der Waals surface area contributed by atoms with Crippen molar-refractivity contribution in [2.24, 2.45) is 0 Å². The first-order valence-electron chi connectivity index (χ1n) is 6.99. The second-order valence-electron chi connectivity index (χ2n) is 5.28. The van der Waals surface area contributed by atoms with Crippen molar-refractivity contribution in [2.45, 2.75) is 32.4 Å². The first-order valence-corrected chi connectivity index (χ1v) is 6.99. The number of aliphatic hydroxyl groups excluding tert-OH is 1. The van der Waals surface area contributed by atoms with Gasteiger partial charge in [-0.25, -0.2) is 0 Å². The maximum atomic E-state index is 10.5. The molecule has 0 amide bonds. The van der Waals surface area contributed by atoms with Crippen molar-refractivity contribution in [2.75, 3.05) is 13.6 Å². The quantitative estimate of drug-likeness (QED) is 0.884. The Balaban J connectivity index is 2.24. The summed E-state index contributed by atoms with van der Waals surface area (Å²) in [5.74, 6) is 0. The zero-order valence-corrected chi connectivity index (χ0v) is 12.0. The number of nitrogens with zero attached hydrogens (tertiary/aromatic N) is 1. The SMILES string of the molecule is CCC(C)N(C)CC(O)c1cccc2ccccc12. The molecule has 2 atom stereocenters. The topological polar surface area (TPSA) is 23.5 Å². The van der Waals surface area contributed by atoms with Crippen LogP contribution in [0.4, 0.5) is 0 Å². The first kappa shape index (κ1) is 14.0. The molecule has 2 aromatic carbocycles. The molecule has 0 aliphatic heterocycles. The summed E-state index contributed by atoms with van der Waals surface area (Å²) in [4.78, 5) is 2.21. The van der Waals surface area contributed by atoms with Crippen LogP contribution >= 0.6 is 0 Å². The van der Waals surface area contributed by atoms with Crippen LogP contribution in [0.15, 0.2) is 42.5 Å². The molecule has 1 N–H and O–H groups in total. The number of aliphatic hydroxyl groups is 1. The summed E-state index contributed by atoms with van der Waals surface area (Å²) in [6.45, 7) is 5.03. The molecule has 0 spiro atoms. The van der Waals surface area contributed by atoms with Crippen LogP contribution in [0.25, 0.3) is 10.8 Å². The first-order chi connectivity index (χ1) is 9.13. The minimum absolute atomic E-state index is 0.440. The zero-order valence-electron chi connectivity index (χ0n) is 12.0. The molecule has 0 fully saturated rings. The van der Waals surface area contributed by atoms with Gasteiger partial charge in [-0.1, -0.05) is 49.4 Å². The molecule has 0 saturated carbocycles. The molecule has 2 heteroatoms. The van der Waals surface area contributed by atoms with Crippen molar-refractivity contribution in [3.05, 3.63) is 48.0 Å². The van der Waals surface area contributed by atoms with Gasteiger partial charge < -0.3 is 10.0 Å². The molecule has 0 bridgehead atoms. The summed E-state index contributed by atoms with van der Waals surface area (Å²) in [5.41, 5.74) is 1.02. The molecular weight excluding hydrogens is 234 g/mol. The largest absolute Gasteiger partial charge is 0.387 e. The highest BCUT2D eigenvalue weighted by Crippen LogP contribution is 2.25. The lowest BCUT2D eigenvalue weighted by molar-refractivity contribution is 0.108. The highest BCUT2D eigenvalue weighted by molar-refractivity contribution is 5.85. The molecule has 0 aromatic heterocycles. The number of likely N-dealkylation sites (N-methyl/N-ethyl adjacent to an activating group) is 1. The van der Waals surface area contributed by atoms with Crippen LogP contribution in [0.5, 0.6) is 0 Å². The predicted molar refractivity (Wildman–Crippen MR) is 81.3 cm³/mol. The molecular formula is C17H23NO. The Labute approximate surface area is 115 Å². The van der Waals surface area contributed by atoms with Gasteiger partial charge in [-0.3, -0.25) is 0 Å². The molecule has 2 nitrogen and oxygen atoms in total. The summed E-state index contributed by atoms with van der Waals surface area (Å²) in [6.07, 6.45) is 0.656. The zero-order chi connectivity index (χ0) is 13.8. The van der Waals surface area contributed by atoms with Gasteiger partial charge in [0.2, 0.25) is 0 Å². The Morgan fingerprint density at radius 1 is 1.11 bits per heavy atom. The second kappa shape index (κ2) is 6.18. The van der Waals surface area contributed by atoms with Crippen molar-refractivity contribution in [3.63, 3.8) is 0 Å². The number of fused-ring (bicyclic) bond motifs is 1. The second-order valence-corrected chi connectivity index (χ2v) is 5.28. The Bertz CT molecular complexity index is 532. The van der Waals surface area contributed by atoms with Gasteiger partial charge in [-0.05, 0) is 36.7 Å². The summed E-state index contributed by atoms with van der Waals surface area (Å²) >= 11 is 0. The van der Waals surface area contributed by atoms with Crippen LogP contribution in [0, 0.1) is 0 Å². The lowest BCUT2D eigenvalue weighted by Gasteiger charge is -2.26. The van der Waals surface area contributed by atoms with Gasteiger partial charge in [-0.15, -0.1) is 0 Å². The Morgan fingerprint density at radius 2 is 1.79 bits per heavy atom. The van der Waals surface area contributed by atoms with E-state index in [1.54, 1.807) is 0 Å². The molecule has 2 rings (SSSR count). The minimum atomic E-state index is -0.440. The van der Waals surface area contributed by atoms with E-state index in [1.165, 1.54) is 5.39 Å². The maximum absolute atomic E-state index is 10.5. The van der Waals surface area contributed by atoms with Crippen LogP contribution in [0.2, 0.25) is 0 Å². The molecule has 2 unspecified atom stereocenters. The number of rotatable bonds is 5. The normalized spacial score (nSPS) is 14.8. The lowest BCUT2D eigenvalue weighted by Crippen LogP contribution is -2.32. The lowest BCUT2D eigenvalue weighted by atomic mass is 10.00.